The van der Waals surface area contributed by atoms with Crippen LogP contribution in [0.2, 0.25) is 0 Å². The molecule has 1 aliphatic heterocycles. The molecule has 1 aromatic rings. The van der Waals surface area contributed by atoms with E-state index in [1.54, 1.807) is 0 Å². The molecule has 1 fully saturated rings. The van der Waals surface area contributed by atoms with E-state index in [9.17, 15) is 9.59 Å². The Labute approximate surface area is 118 Å². The molecule has 2 N–H and O–H groups in total. The molecule has 1 atom stereocenters. The van der Waals surface area contributed by atoms with Crippen LogP contribution in [0.3, 0.4) is 0 Å². The maximum absolute atomic E-state index is 11.8. The summed E-state index contributed by atoms with van der Waals surface area (Å²) in [7, 11) is 0. The van der Waals surface area contributed by atoms with E-state index in [2.05, 4.69) is 10.6 Å². The number of carbonyl (C=O) groups excluding carboxylic acids is 2. The molecule has 0 unspecified atom stereocenters. The van der Waals surface area contributed by atoms with Gasteiger partial charge >= 0.3 is 11.8 Å². The molecule has 1 heterocycles. The van der Waals surface area contributed by atoms with Crippen molar-refractivity contribution < 1.29 is 14.3 Å². The van der Waals surface area contributed by atoms with Crippen LogP contribution >= 0.6 is 0 Å². The predicted octanol–water partition coefficient (Wildman–Crippen LogP) is 1.54. The number of ether oxygens (including phenoxy) is 1. The van der Waals surface area contributed by atoms with Crippen molar-refractivity contribution in [1.29, 1.82) is 0 Å². The van der Waals surface area contributed by atoms with Gasteiger partial charge in [0.1, 0.15) is 0 Å². The monoisotopic (exact) mass is 276 g/mol. The molecule has 1 saturated heterocycles. The van der Waals surface area contributed by atoms with Crippen molar-refractivity contribution in [3.8, 4) is 0 Å². The van der Waals surface area contributed by atoms with Gasteiger partial charge in [0.25, 0.3) is 0 Å². The first-order chi connectivity index (χ1) is 9.54. The van der Waals surface area contributed by atoms with Crippen LogP contribution in [-0.2, 0) is 14.3 Å². The predicted molar refractivity (Wildman–Crippen MR) is 76.5 cm³/mol. The lowest BCUT2D eigenvalue weighted by Crippen LogP contribution is -2.39. The maximum Gasteiger partial charge on any atom is 0.313 e. The molecular weight excluding hydrogens is 256 g/mol. The minimum Gasteiger partial charge on any atom is -0.376 e. The number of benzene rings is 1. The SMILES string of the molecule is Cc1cc(C)cc(NC(=O)C(=O)NC[C@@H]2CCCO2)c1. The van der Waals surface area contributed by atoms with Crippen LogP contribution in [0.1, 0.15) is 24.0 Å². The van der Waals surface area contributed by atoms with Crippen molar-refractivity contribution >= 4 is 17.5 Å². The lowest BCUT2D eigenvalue weighted by Gasteiger charge is -2.11. The summed E-state index contributed by atoms with van der Waals surface area (Å²) in [6, 6.07) is 5.67. The van der Waals surface area contributed by atoms with E-state index in [0.717, 1.165) is 30.6 Å². The van der Waals surface area contributed by atoms with E-state index < -0.39 is 11.8 Å². The van der Waals surface area contributed by atoms with Gasteiger partial charge in [-0.25, -0.2) is 0 Å². The zero-order chi connectivity index (χ0) is 14.5. The molecule has 0 spiro atoms. The van der Waals surface area contributed by atoms with Crippen molar-refractivity contribution in [2.75, 3.05) is 18.5 Å². The summed E-state index contributed by atoms with van der Waals surface area (Å²) in [6.07, 6.45) is 1.97. The van der Waals surface area contributed by atoms with Crippen LogP contribution in [0.15, 0.2) is 18.2 Å². The first-order valence-corrected chi connectivity index (χ1v) is 6.83. The lowest BCUT2D eigenvalue weighted by atomic mass is 10.1. The number of carbonyl (C=O) groups is 2. The minimum absolute atomic E-state index is 0.0352. The number of nitrogens with one attached hydrogen (secondary N) is 2. The third kappa shape index (κ3) is 4.06. The molecule has 2 rings (SSSR count). The quantitative estimate of drug-likeness (QED) is 0.823. The smallest absolute Gasteiger partial charge is 0.313 e. The van der Waals surface area contributed by atoms with Gasteiger partial charge in [-0.15, -0.1) is 0 Å². The normalized spacial score (nSPS) is 17.8. The first-order valence-electron chi connectivity index (χ1n) is 6.83. The molecule has 1 aliphatic rings. The molecule has 2 amide bonds. The van der Waals surface area contributed by atoms with E-state index in [1.807, 2.05) is 32.0 Å². The van der Waals surface area contributed by atoms with Crippen molar-refractivity contribution in [1.82, 2.24) is 5.32 Å². The highest BCUT2D eigenvalue weighted by Crippen LogP contribution is 2.13. The Hall–Kier alpha value is -1.88. The van der Waals surface area contributed by atoms with Gasteiger partial charge in [-0.1, -0.05) is 6.07 Å². The summed E-state index contributed by atoms with van der Waals surface area (Å²) in [5.74, 6) is -1.27. The Balaban J connectivity index is 1.85. The second-order valence-corrected chi connectivity index (χ2v) is 5.18. The summed E-state index contributed by atoms with van der Waals surface area (Å²) in [5.41, 5.74) is 2.72. The van der Waals surface area contributed by atoms with Crippen LogP contribution in [0.5, 0.6) is 0 Å². The molecule has 108 valence electrons. The van der Waals surface area contributed by atoms with E-state index in [-0.39, 0.29) is 6.10 Å². The number of hydrogen-bond donors (Lipinski definition) is 2. The molecule has 0 aliphatic carbocycles. The van der Waals surface area contributed by atoms with Crippen LogP contribution in [0, 0.1) is 13.8 Å². The Bertz CT molecular complexity index is 488. The van der Waals surface area contributed by atoms with Gasteiger partial charge in [-0.2, -0.15) is 0 Å². The highest BCUT2D eigenvalue weighted by atomic mass is 16.5. The topological polar surface area (TPSA) is 67.4 Å². The van der Waals surface area contributed by atoms with Gasteiger partial charge in [0, 0.05) is 18.8 Å². The van der Waals surface area contributed by atoms with Gasteiger partial charge in [-0.05, 0) is 49.9 Å². The molecule has 0 radical (unpaired) electrons. The molecule has 0 aromatic heterocycles. The summed E-state index contributed by atoms with van der Waals surface area (Å²) in [5, 5.41) is 5.20. The third-order valence-electron chi connectivity index (χ3n) is 3.20. The molecule has 20 heavy (non-hydrogen) atoms. The number of hydrogen-bond acceptors (Lipinski definition) is 3. The number of rotatable bonds is 3. The fourth-order valence-electron chi connectivity index (χ4n) is 2.33. The molecule has 1 aromatic carbocycles. The van der Waals surface area contributed by atoms with Crippen LogP contribution in [0.4, 0.5) is 5.69 Å². The number of aryl methyl sites for hydroxylation is 2. The van der Waals surface area contributed by atoms with E-state index >= 15 is 0 Å². The summed E-state index contributed by atoms with van der Waals surface area (Å²) in [4.78, 5) is 23.5. The average Bonchev–Trinajstić information content (AvgIpc) is 2.87. The molecule has 0 saturated carbocycles. The zero-order valence-electron chi connectivity index (χ0n) is 11.9. The second-order valence-electron chi connectivity index (χ2n) is 5.18. The fraction of sp³-hybridized carbons (Fsp3) is 0.467. The van der Waals surface area contributed by atoms with Gasteiger partial charge in [-0.3, -0.25) is 9.59 Å². The standard InChI is InChI=1S/C15H20N2O3/c1-10-6-11(2)8-12(7-10)17-15(19)14(18)16-9-13-4-3-5-20-13/h6-8,13H,3-5,9H2,1-2H3,(H,16,18)(H,17,19)/t13-/m0/s1. The lowest BCUT2D eigenvalue weighted by molar-refractivity contribution is -0.136. The summed E-state index contributed by atoms with van der Waals surface area (Å²) in [6.45, 7) is 5.01. The minimum atomic E-state index is -0.645. The van der Waals surface area contributed by atoms with E-state index in [1.165, 1.54) is 0 Å². The first kappa shape index (κ1) is 14.5. The second kappa shape index (κ2) is 6.52. The van der Waals surface area contributed by atoms with Gasteiger partial charge in [0.2, 0.25) is 0 Å². The number of amides is 2. The maximum atomic E-state index is 11.8. The largest absolute Gasteiger partial charge is 0.376 e. The third-order valence-corrected chi connectivity index (χ3v) is 3.20. The molecule has 5 nitrogen and oxygen atoms in total. The Kier molecular flexibility index (Phi) is 4.74. The van der Waals surface area contributed by atoms with Crippen molar-refractivity contribution in [3.63, 3.8) is 0 Å². The fourth-order valence-corrected chi connectivity index (χ4v) is 2.33. The van der Waals surface area contributed by atoms with Crippen molar-refractivity contribution in [2.45, 2.75) is 32.8 Å². The average molecular weight is 276 g/mol. The summed E-state index contributed by atoms with van der Waals surface area (Å²) >= 11 is 0. The molecule has 5 heteroatoms. The van der Waals surface area contributed by atoms with E-state index in [0.29, 0.717) is 12.2 Å². The van der Waals surface area contributed by atoms with Crippen molar-refractivity contribution in [3.05, 3.63) is 29.3 Å². The van der Waals surface area contributed by atoms with E-state index in [4.69, 9.17) is 4.74 Å². The van der Waals surface area contributed by atoms with Crippen LogP contribution < -0.4 is 10.6 Å². The Morgan fingerprint density at radius 2 is 1.90 bits per heavy atom. The molecular formula is C15H20N2O3. The van der Waals surface area contributed by atoms with Gasteiger partial charge in [0.15, 0.2) is 0 Å². The Morgan fingerprint density at radius 3 is 2.50 bits per heavy atom. The highest BCUT2D eigenvalue weighted by molar-refractivity contribution is 6.39. The summed E-state index contributed by atoms with van der Waals surface area (Å²) < 4.78 is 5.39. The van der Waals surface area contributed by atoms with Crippen molar-refractivity contribution in [2.24, 2.45) is 0 Å². The zero-order valence-corrected chi connectivity index (χ0v) is 11.9. The highest BCUT2D eigenvalue weighted by Gasteiger charge is 2.19. The van der Waals surface area contributed by atoms with Crippen LogP contribution in [0.25, 0.3) is 0 Å². The molecule has 0 bridgehead atoms. The van der Waals surface area contributed by atoms with Gasteiger partial charge < -0.3 is 15.4 Å². The Morgan fingerprint density at radius 1 is 1.20 bits per heavy atom. The van der Waals surface area contributed by atoms with Gasteiger partial charge in [0.05, 0.1) is 6.10 Å². The van der Waals surface area contributed by atoms with Crippen LogP contribution in [-0.4, -0.2) is 31.1 Å². The number of anilines is 1.